The Morgan fingerprint density at radius 1 is 1.22 bits per heavy atom. The maximum atomic E-state index is 13.9. The summed E-state index contributed by atoms with van der Waals surface area (Å²) < 4.78 is 19.3. The standard InChI is InChI=1S/C20H22BrFN2O3/c1-13(24(2)12-16-10-17(21)8-9-18(16)22)19(25)23-11-14-4-6-15(7-5-14)20(26)27-3/h4-10,13H,11-12H2,1-3H3,(H,23,25). The Labute approximate surface area is 166 Å². The number of nitrogens with zero attached hydrogens (tertiary/aromatic N) is 1. The van der Waals surface area contributed by atoms with Crippen LogP contribution in [0.4, 0.5) is 4.39 Å². The number of amides is 1. The molecule has 0 aliphatic heterocycles. The molecule has 0 aliphatic carbocycles. The van der Waals surface area contributed by atoms with E-state index in [2.05, 4.69) is 26.0 Å². The third-order valence-electron chi connectivity index (χ3n) is 4.31. The van der Waals surface area contributed by atoms with E-state index in [1.54, 1.807) is 55.3 Å². The van der Waals surface area contributed by atoms with Gasteiger partial charge in [-0.3, -0.25) is 9.69 Å². The van der Waals surface area contributed by atoms with Crippen LogP contribution < -0.4 is 5.32 Å². The summed E-state index contributed by atoms with van der Waals surface area (Å²) >= 11 is 3.33. The van der Waals surface area contributed by atoms with Crippen LogP contribution in [0.1, 0.15) is 28.4 Å². The van der Waals surface area contributed by atoms with Gasteiger partial charge in [0.05, 0.1) is 18.7 Å². The molecule has 27 heavy (non-hydrogen) atoms. The third kappa shape index (κ3) is 5.87. The molecule has 7 heteroatoms. The van der Waals surface area contributed by atoms with Crippen molar-refractivity contribution in [2.24, 2.45) is 0 Å². The van der Waals surface area contributed by atoms with Gasteiger partial charge in [0.15, 0.2) is 0 Å². The largest absolute Gasteiger partial charge is 0.465 e. The predicted molar refractivity (Wildman–Crippen MR) is 105 cm³/mol. The molecule has 0 radical (unpaired) electrons. The summed E-state index contributed by atoms with van der Waals surface area (Å²) in [5.74, 6) is -0.867. The number of ether oxygens (including phenoxy) is 1. The average Bonchev–Trinajstić information content (AvgIpc) is 2.68. The van der Waals surface area contributed by atoms with E-state index in [0.717, 1.165) is 10.0 Å². The molecule has 5 nitrogen and oxygen atoms in total. The number of benzene rings is 2. The van der Waals surface area contributed by atoms with Gasteiger partial charge in [0.25, 0.3) is 0 Å². The van der Waals surface area contributed by atoms with Gasteiger partial charge in [-0.1, -0.05) is 28.1 Å². The first-order valence-corrected chi connectivity index (χ1v) is 9.20. The van der Waals surface area contributed by atoms with Gasteiger partial charge in [-0.25, -0.2) is 9.18 Å². The van der Waals surface area contributed by atoms with Gasteiger partial charge in [0.2, 0.25) is 5.91 Å². The second kappa shape index (κ2) is 9.62. The molecule has 0 saturated heterocycles. The summed E-state index contributed by atoms with van der Waals surface area (Å²) in [4.78, 5) is 25.6. The van der Waals surface area contributed by atoms with Crippen LogP contribution in [0.3, 0.4) is 0 Å². The van der Waals surface area contributed by atoms with Crippen molar-refractivity contribution in [3.8, 4) is 0 Å². The summed E-state index contributed by atoms with van der Waals surface area (Å²) in [5.41, 5.74) is 1.84. The minimum absolute atomic E-state index is 0.162. The van der Waals surface area contributed by atoms with Crippen molar-refractivity contribution in [3.63, 3.8) is 0 Å². The predicted octanol–water partition coefficient (Wildman–Crippen LogP) is 3.51. The van der Waals surface area contributed by atoms with Gasteiger partial charge < -0.3 is 10.1 Å². The minimum Gasteiger partial charge on any atom is -0.465 e. The summed E-state index contributed by atoms with van der Waals surface area (Å²) in [5, 5.41) is 2.85. The van der Waals surface area contributed by atoms with E-state index in [-0.39, 0.29) is 11.7 Å². The Morgan fingerprint density at radius 3 is 2.52 bits per heavy atom. The average molecular weight is 437 g/mol. The molecule has 0 bridgehead atoms. The van der Waals surface area contributed by atoms with Crippen molar-refractivity contribution < 1.29 is 18.7 Å². The van der Waals surface area contributed by atoms with Gasteiger partial charge in [-0.05, 0) is 49.9 Å². The molecule has 0 fully saturated rings. The molecule has 1 unspecified atom stereocenters. The van der Waals surface area contributed by atoms with E-state index >= 15 is 0 Å². The van der Waals surface area contributed by atoms with E-state index in [1.807, 2.05) is 0 Å². The monoisotopic (exact) mass is 436 g/mol. The Hall–Kier alpha value is -2.25. The highest BCUT2D eigenvalue weighted by Crippen LogP contribution is 2.17. The number of methoxy groups -OCH3 is 1. The van der Waals surface area contributed by atoms with Gasteiger partial charge in [0.1, 0.15) is 5.82 Å². The Morgan fingerprint density at radius 2 is 1.89 bits per heavy atom. The molecule has 144 valence electrons. The van der Waals surface area contributed by atoms with Crippen molar-refractivity contribution in [3.05, 3.63) is 69.4 Å². The van der Waals surface area contributed by atoms with E-state index in [4.69, 9.17) is 0 Å². The highest BCUT2D eigenvalue weighted by molar-refractivity contribution is 9.10. The van der Waals surface area contributed by atoms with Crippen LogP contribution in [0.25, 0.3) is 0 Å². The second-order valence-corrected chi connectivity index (χ2v) is 7.15. The molecular weight excluding hydrogens is 415 g/mol. The van der Waals surface area contributed by atoms with Crippen molar-refractivity contribution in [1.29, 1.82) is 0 Å². The molecule has 1 atom stereocenters. The van der Waals surface area contributed by atoms with Crippen LogP contribution in [0.5, 0.6) is 0 Å². The summed E-state index contributed by atoms with van der Waals surface area (Å²) in [6.07, 6.45) is 0. The zero-order valence-corrected chi connectivity index (χ0v) is 17.0. The number of rotatable bonds is 7. The number of hydrogen-bond donors (Lipinski definition) is 1. The first-order valence-electron chi connectivity index (χ1n) is 8.41. The maximum Gasteiger partial charge on any atom is 0.337 e. The zero-order chi connectivity index (χ0) is 20.0. The number of hydrogen-bond acceptors (Lipinski definition) is 4. The molecule has 2 aromatic rings. The lowest BCUT2D eigenvalue weighted by molar-refractivity contribution is -0.125. The zero-order valence-electron chi connectivity index (χ0n) is 15.5. The summed E-state index contributed by atoms with van der Waals surface area (Å²) in [7, 11) is 3.10. The van der Waals surface area contributed by atoms with Crippen LogP contribution in [0, 0.1) is 5.82 Å². The number of likely N-dealkylation sites (N-methyl/N-ethyl adjacent to an activating group) is 1. The van der Waals surface area contributed by atoms with E-state index in [1.165, 1.54) is 13.2 Å². The lowest BCUT2D eigenvalue weighted by Gasteiger charge is -2.24. The molecule has 1 amide bonds. The van der Waals surface area contributed by atoms with E-state index in [9.17, 15) is 14.0 Å². The maximum absolute atomic E-state index is 13.9. The molecule has 0 aromatic heterocycles. The molecule has 2 aromatic carbocycles. The van der Waals surface area contributed by atoms with Gasteiger partial charge >= 0.3 is 5.97 Å². The number of halogens is 2. The highest BCUT2D eigenvalue weighted by Gasteiger charge is 2.19. The fourth-order valence-corrected chi connectivity index (χ4v) is 2.89. The number of nitrogens with one attached hydrogen (secondary N) is 1. The van der Waals surface area contributed by atoms with Crippen LogP contribution in [-0.2, 0) is 22.6 Å². The van der Waals surface area contributed by atoms with Gasteiger partial charge in [-0.15, -0.1) is 0 Å². The van der Waals surface area contributed by atoms with Gasteiger partial charge in [0, 0.05) is 23.1 Å². The molecule has 0 spiro atoms. The van der Waals surface area contributed by atoms with Crippen molar-refractivity contribution in [1.82, 2.24) is 10.2 Å². The fraction of sp³-hybridized carbons (Fsp3) is 0.300. The fourth-order valence-electron chi connectivity index (χ4n) is 2.48. The molecule has 0 aliphatic rings. The first kappa shape index (κ1) is 21.1. The number of esters is 1. The molecule has 0 heterocycles. The first-order chi connectivity index (χ1) is 12.8. The lowest BCUT2D eigenvalue weighted by atomic mass is 10.1. The van der Waals surface area contributed by atoms with E-state index in [0.29, 0.717) is 24.2 Å². The quantitative estimate of drug-likeness (QED) is 0.674. The Kier molecular flexibility index (Phi) is 7.50. The van der Waals surface area contributed by atoms with Gasteiger partial charge in [-0.2, -0.15) is 0 Å². The topological polar surface area (TPSA) is 58.6 Å². The van der Waals surface area contributed by atoms with Crippen LogP contribution in [0.2, 0.25) is 0 Å². The van der Waals surface area contributed by atoms with E-state index < -0.39 is 12.0 Å². The smallest absolute Gasteiger partial charge is 0.337 e. The van der Waals surface area contributed by atoms with Crippen LogP contribution in [-0.4, -0.2) is 37.0 Å². The number of carbonyl (C=O) groups excluding carboxylic acids is 2. The second-order valence-electron chi connectivity index (χ2n) is 6.23. The SMILES string of the molecule is COC(=O)c1ccc(CNC(=O)C(C)N(C)Cc2cc(Br)ccc2F)cc1. The normalized spacial score (nSPS) is 11.9. The Bertz CT molecular complexity index is 811. The highest BCUT2D eigenvalue weighted by atomic mass is 79.9. The van der Waals surface area contributed by atoms with Crippen molar-refractivity contribution >= 4 is 27.8 Å². The molecule has 1 N–H and O–H groups in total. The van der Waals surface area contributed by atoms with Crippen molar-refractivity contribution in [2.75, 3.05) is 14.2 Å². The summed E-state index contributed by atoms with van der Waals surface area (Å²) in [6, 6.07) is 11.1. The van der Waals surface area contributed by atoms with Crippen molar-refractivity contribution in [2.45, 2.75) is 26.1 Å². The Balaban J connectivity index is 1.91. The van der Waals surface area contributed by atoms with Crippen LogP contribution in [0.15, 0.2) is 46.9 Å². The minimum atomic E-state index is -0.433. The number of carbonyl (C=O) groups is 2. The lowest BCUT2D eigenvalue weighted by Crippen LogP contribution is -2.42. The molecule has 0 saturated carbocycles. The molecule has 2 rings (SSSR count). The van der Waals surface area contributed by atoms with Crippen LogP contribution >= 0.6 is 15.9 Å². The summed E-state index contributed by atoms with van der Waals surface area (Å²) in [6.45, 7) is 2.42. The molecular formula is C20H22BrFN2O3. The third-order valence-corrected chi connectivity index (χ3v) is 4.80.